The van der Waals surface area contributed by atoms with Gasteiger partial charge in [-0.3, -0.25) is 4.79 Å². The Kier molecular flexibility index (Phi) is 7.64. The monoisotopic (exact) mass is 270 g/mol. The molecule has 0 aliphatic heterocycles. The highest BCUT2D eigenvalue weighted by Gasteiger charge is 2.16. The summed E-state index contributed by atoms with van der Waals surface area (Å²) < 4.78 is 0. The van der Waals surface area contributed by atoms with E-state index < -0.39 is 0 Å². The molecule has 0 saturated heterocycles. The molecule has 0 saturated carbocycles. The van der Waals surface area contributed by atoms with Gasteiger partial charge in [-0.15, -0.1) is 12.4 Å². The van der Waals surface area contributed by atoms with Gasteiger partial charge in [-0.05, 0) is 19.5 Å². The van der Waals surface area contributed by atoms with Crippen molar-refractivity contribution in [1.29, 1.82) is 0 Å². The number of hydrogen-bond donors (Lipinski definition) is 1. The summed E-state index contributed by atoms with van der Waals surface area (Å²) >= 11 is 0. The molecule has 3 nitrogen and oxygen atoms in total. The number of aryl methyl sites for hydroxylation is 1. The van der Waals surface area contributed by atoms with Crippen molar-refractivity contribution in [3.63, 3.8) is 0 Å². The molecule has 1 aromatic rings. The highest BCUT2D eigenvalue weighted by molar-refractivity contribution is 5.85. The van der Waals surface area contributed by atoms with Gasteiger partial charge in [0, 0.05) is 26.1 Å². The van der Waals surface area contributed by atoms with Crippen LogP contribution in [0.15, 0.2) is 24.3 Å². The second-order valence-corrected chi connectivity index (χ2v) is 4.64. The molecule has 1 amide bonds. The van der Waals surface area contributed by atoms with E-state index in [0.717, 1.165) is 6.54 Å². The highest BCUT2D eigenvalue weighted by atomic mass is 35.5. The van der Waals surface area contributed by atoms with E-state index in [1.807, 2.05) is 21.0 Å². The maximum Gasteiger partial charge on any atom is 0.226 e. The molecule has 1 aromatic carbocycles. The number of rotatable bonds is 5. The quantitative estimate of drug-likeness (QED) is 0.890. The van der Waals surface area contributed by atoms with Crippen LogP contribution >= 0.6 is 12.4 Å². The van der Waals surface area contributed by atoms with Gasteiger partial charge in [0.15, 0.2) is 0 Å². The fourth-order valence-electron chi connectivity index (χ4n) is 1.81. The van der Waals surface area contributed by atoms with Crippen molar-refractivity contribution in [3.8, 4) is 0 Å². The molecule has 0 bridgehead atoms. The lowest BCUT2D eigenvalue weighted by Gasteiger charge is -2.21. The SMILES string of the molecule is CNCC(C)C(=O)N(C)Cc1ccc(C)cc1.Cl. The fourth-order valence-corrected chi connectivity index (χ4v) is 1.81. The maximum absolute atomic E-state index is 12.0. The highest BCUT2D eigenvalue weighted by Crippen LogP contribution is 2.08. The number of nitrogens with zero attached hydrogens (tertiary/aromatic N) is 1. The first kappa shape index (κ1) is 16.9. The van der Waals surface area contributed by atoms with Crippen LogP contribution in [0, 0.1) is 12.8 Å². The van der Waals surface area contributed by atoms with Crippen molar-refractivity contribution >= 4 is 18.3 Å². The minimum atomic E-state index is 0. The first-order chi connectivity index (χ1) is 8.04. The number of nitrogens with one attached hydrogen (secondary N) is 1. The van der Waals surface area contributed by atoms with E-state index in [0.29, 0.717) is 6.54 Å². The number of benzene rings is 1. The first-order valence-electron chi connectivity index (χ1n) is 5.99. The van der Waals surface area contributed by atoms with Crippen LogP contribution in [0.2, 0.25) is 0 Å². The average molecular weight is 271 g/mol. The summed E-state index contributed by atoms with van der Waals surface area (Å²) in [7, 11) is 3.72. The Morgan fingerprint density at radius 3 is 2.39 bits per heavy atom. The molecule has 4 heteroatoms. The van der Waals surface area contributed by atoms with Gasteiger partial charge in [0.25, 0.3) is 0 Å². The summed E-state index contributed by atoms with van der Waals surface area (Å²) in [5.74, 6) is 0.204. The predicted octanol–water partition coefficient (Wildman–Crippen LogP) is 2.23. The zero-order chi connectivity index (χ0) is 12.8. The second-order valence-electron chi connectivity index (χ2n) is 4.64. The second kappa shape index (κ2) is 8.11. The van der Waals surface area contributed by atoms with Gasteiger partial charge in [-0.2, -0.15) is 0 Å². The summed E-state index contributed by atoms with van der Waals surface area (Å²) in [6, 6.07) is 8.29. The molecule has 1 rings (SSSR count). The Morgan fingerprint density at radius 2 is 1.89 bits per heavy atom. The van der Waals surface area contributed by atoms with Gasteiger partial charge < -0.3 is 10.2 Å². The van der Waals surface area contributed by atoms with E-state index in [-0.39, 0.29) is 24.2 Å². The number of amides is 1. The summed E-state index contributed by atoms with van der Waals surface area (Å²) in [6.07, 6.45) is 0. The van der Waals surface area contributed by atoms with Crippen molar-refractivity contribution in [1.82, 2.24) is 10.2 Å². The average Bonchev–Trinajstić information content (AvgIpc) is 2.31. The molecule has 0 fully saturated rings. The number of halogens is 1. The Hall–Kier alpha value is -1.06. The van der Waals surface area contributed by atoms with Crippen LogP contribution in [0.5, 0.6) is 0 Å². The van der Waals surface area contributed by atoms with Crippen molar-refractivity contribution in [2.75, 3.05) is 20.6 Å². The fraction of sp³-hybridized carbons (Fsp3) is 0.500. The normalized spacial score (nSPS) is 11.6. The smallest absolute Gasteiger partial charge is 0.226 e. The van der Waals surface area contributed by atoms with E-state index in [1.165, 1.54) is 11.1 Å². The summed E-state index contributed by atoms with van der Waals surface area (Å²) in [5.41, 5.74) is 2.41. The lowest BCUT2D eigenvalue weighted by Crippen LogP contribution is -2.35. The first-order valence-corrected chi connectivity index (χ1v) is 5.99. The van der Waals surface area contributed by atoms with Crippen LogP contribution in [-0.2, 0) is 11.3 Å². The van der Waals surface area contributed by atoms with Crippen LogP contribution in [0.25, 0.3) is 0 Å². The Balaban J connectivity index is 0.00000289. The maximum atomic E-state index is 12.0. The third-order valence-electron chi connectivity index (χ3n) is 2.85. The molecule has 18 heavy (non-hydrogen) atoms. The molecule has 0 heterocycles. The zero-order valence-electron chi connectivity index (χ0n) is 11.6. The lowest BCUT2D eigenvalue weighted by molar-refractivity contribution is -0.134. The minimum Gasteiger partial charge on any atom is -0.341 e. The summed E-state index contributed by atoms with van der Waals surface area (Å²) in [4.78, 5) is 13.8. The third kappa shape index (κ3) is 5.07. The van der Waals surface area contributed by atoms with Crippen molar-refractivity contribution in [2.24, 2.45) is 5.92 Å². The van der Waals surface area contributed by atoms with E-state index >= 15 is 0 Å². The van der Waals surface area contributed by atoms with Crippen molar-refractivity contribution < 1.29 is 4.79 Å². The van der Waals surface area contributed by atoms with E-state index in [9.17, 15) is 4.79 Å². The largest absolute Gasteiger partial charge is 0.341 e. The molecule has 0 radical (unpaired) electrons. The Morgan fingerprint density at radius 1 is 1.33 bits per heavy atom. The molecule has 0 aliphatic carbocycles. The molecule has 0 spiro atoms. The van der Waals surface area contributed by atoms with Crippen LogP contribution in [0.4, 0.5) is 0 Å². The van der Waals surface area contributed by atoms with Gasteiger partial charge in [0.2, 0.25) is 5.91 Å². The standard InChI is InChI=1S/C14H22N2O.ClH/c1-11-5-7-13(8-6-11)10-16(4)14(17)12(2)9-15-3;/h5-8,12,15H,9-10H2,1-4H3;1H. The van der Waals surface area contributed by atoms with Crippen molar-refractivity contribution in [3.05, 3.63) is 35.4 Å². The Labute approximate surface area is 116 Å². The molecular weight excluding hydrogens is 248 g/mol. The lowest BCUT2D eigenvalue weighted by atomic mass is 10.1. The van der Waals surface area contributed by atoms with E-state index in [4.69, 9.17) is 0 Å². The van der Waals surface area contributed by atoms with Crippen molar-refractivity contribution in [2.45, 2.75) is 20.4 Å². The third-order valence-corrected chi connectivity index (χ3v) is 2.85. The van der Waals surface area contributed by atoms with Crippen LogP contribution in [-0.4, -0.2) is 31.4 Å². The zero-order valence-corrected chi connectivity index (χ0v) is 12.4. The molecular formula is C14H23ClN2O. The van der Waals surface area contributed by atoms with E-state index in [2.05, 4.69) is 36.5 Å². The van der Waals surface area contributed by atoms with Gasteiger partial charge in [0.1, 0.15) is 0 Å². The molecule has 0 aromatic heterocycles. The molecule has 1 atom stereocenters. The summed E-state index contributed by atoms with van der Waals surface area (Å²) in [6.45, 7) is 5.41. The summed E-state index contributed by atoms with van der Waals surface area (Å²) in [5, 5.41) is 3.03. The van der Waals surface area contributed by atoms with Gasteiger partial charge >= 0.3 is 0 Å². The van der Waals surface area contributed by atoms with Gasteiger partial charge in [-0.1, -0.05) is 36.8 Å². The number of carbonyl (C=O) groups excluding carboxylic acids is 1. The molecule has 102 valence electrons. The predicted molar refractivity (Wildman–Crippen MR) is 78.0 cm³/mol. The topological polar surface area (TPSA) is 32.3 Å². The number of carbonyl (C=O) groups is 1. The van der Waals surface area contributed by atoms with Gasteiger partial charge in [0.05, 0.1) is 0 Å². The molecule has 1 N–H and O–H groups in total. The molecule has 0 aliphatic rings. The van der Waals surface area contributed by atoms with Crippen LogP contribution in [0.1, 0.15) is 18.1 Å². The van der Waals surface area contributed by atoms with E-state index in [1.54, 1.807) is 4.90 Å². The van der Waals surface area contributed by atoms with Gasteiger partial charge in [-0.25, -0.2) is 0 Å². The minimum absolute atomic E-state index is 0. The van der Waals surface area contributed by atoms with Crippen LogP contribution in [0.3, 0.4) is 0 Å². The van der Waals surface area contributed by atoms with Crippen LogP contribution < -0.4 is 5.32 Å². The molecule has 1 unspecified atom stereocenters. The number of hydrogen-bond acceptors (Lipinski definition) is 2. The Bertz CT molecular complexity index is 365.